The number of nitrogens with one attached hydrogen (secondary N) is 1. The van der Waals surface area contributed by atoms with Crippen molar-refractivity contribution in [3.8, 4) is 0 Å². The van der Waals surface area contributed by atoms with Crippen LogP contribution in [0.3, 0.4) is 0 Å². The van der Waals surface area contributed by atoms with E-state index in [0.717, 1.165) is 22.4 Å². The SMILES string of the molecule is CNc1nc2c(cc1Br)CCN(C(=O)OC(C)(C)C)C2. The van der Waals surface area contributed by atoms with Crippen LogP contribution < -0.4 is 5.32 Å². The Bertz CT molecular complexity index is 526. The number of ether oxygens (including phenoxy) is 1. The maximum absolute atomic E-state index is 12.1. The molecule has 0 bridgehead atoms. The summed E-state index contributed by atoms with van der Waals surface area (Å²) in [4.78, 5) is 18.4. The van der Waals surface area contributed by atoms with Crippen LogP contribution in [0.2, 0.25) is 0 Å². The Morgan fingerprint density at radius 1 is 1.50 bits per heavy atom. The van der Waals surface area contributed by atoms with E-state index in [1.807, 2.05) is 27.8 Å². The molecule has 2 rings (SSSR count). The Labute approximate surface area is 127 Å². The average Bonchev–Trinajstić information content (AvgIpc) is 2.35. The van der Waals surface area contributed by atoms with Crippen molar-refractivity contribution in [2.45, 2.75) is 39.3 Å². The Kier molecular flexibility index (Phi) is 4.22. The first kappa shape index (κ1) is 15.1. The molecule has 0 spiro atoms. The first-order valence-electron chi connectivity index (χ1n) is 6.64. The van der Waals surface area contributed by atoms with Gasteiger partial charge in [-0.25, -0.2) is 9.78 Å². The van der Waals surface area contributed by atoms with Gasteiger partial charge < -0.3 is 15.0 Å². The van der Waals surface area contributed by atoms with Crippen LogP contribution >= 0.6 is 15.9 Å². The van der Waals surface area contributed by atoms with Crippen LogP contribution in [0.4, 0.5) is 10.6 Å². The molecule has 1 aliphatic rings. The van der Waals surface area contributed by atoms with Gasteiger partial charge in [-0.05, 0) is 54.8 Å². The maximum atomic E-state index is 12.1. The highest BCUT2D eigenvalue weighted by molar-refractivity contribution is 9.10. The summed E-state index contributed by atoms with van der Waals surface area (Å²) >= 11 is 3.49. The molecule has 1 aromatic heterocycles. The highest BCUT2D eigenvalue weighted by Crippen LogP contribution is 2.27. The second kappa shape index (κ2) is 5.60. The molecule has 0 aliphatic carbocycles. The van der Waals surface area contributed by atoms with Gasteiger partial charge in [0.25, 0.3) is 0 Å². The van der Waals surface area contributed by atoms with Gasteiger partial charge in [0.05, 0.1) is 16.7 Å². The molecular weight excluding hydrogens is 322 g/mol. The quantitative estimate of drug-likeness (QED) is 0.852. The molecule has 0 aromatic carbocycles. The molecule has 0 unspecified atom stereocenters. The van der Waals surface area contributed by atoms with E-state index in [1.54, 1.807) is 4.90 Å². The summed E-state index contributed by atoms with van der Waals surface area (Å²) in [5.74, 6) is 0.787. The summed E-state index contributed by atoms with van der Waals surface area (Å²) in [5.41, 5.74) is 1.63. The third-order valence-corrected chi connectivity index (χ3v) is 3.63. The van der Waals surface area contributed by atoms with Crippen molar-refractivity contribution in [2.24, 2.45) is 0 Å². The number of pyridine rings is 1. The molecule has 0 fully saturated rings. The number of amides is 1. The first-order valence-corrected chi connectivity index (χ1v) is 7.43. The number of nitrogens with zero attached hydrogens (tertiary/aromatic N) is 2. The Morgan fingerprint density at radius 2 is 2.20 bits per heavy atom. The lowest BCUT2D eigenvalue weighted by Gasteiger charge is -2.31. The number of aromatic nitrogens is 1. The fraction of sp³-hybridized carbons (Fsp3) is 0.571. The van der Waals surface area contributed by atoms with Gasteiger partial charge in [-0.2, -0.15) is 0 Å². The summed E-state index contributed by atoms with van der Waals surface area (Å²) in [6.07, 6.45) is 0.517. The van der Waals surface area contributed by atoms with Gasteiger partial charge in [-0.15, -0.1) is 0 Å². The number of anilines is 1. The van der Waals surface area contributed by atoms with Crippen molar-refractivity contribution in [3.05, 3.63) is 21.8 Å². The van der Waals surface area contributed by atoms with Gasteiger partial charge >= 0.3 is 6.09 Å². The van der Waals surface area contributed by atoms with Crippen molar-refractivity contribution >= 4 is 27.8 Å². The third kappa shape index (κ3) is 3.42. The van der Waals surface area contributed by atoms with Crippen LogP contribution in [0.5, 0.6) is 0 Å². The molecule has 110 valence electrons. The molecule has 1 N–H and O–H groups in total. The molecule has 2 heterocycles. The lowest BCUT2D eigenvalue weighted by atomic mass is 10.1. The molecule has 1 aliphatic heterocycles. The van der Waals surface area contributed by atoms with E-state index in [2.05, 4.69) is 32.3 Å². The van der Waals surface area contributed by atoms with E-state index < -0.39 is 5.60 Å². The van der Waals surface area contributed by atoms with Crippen molar-refractivity contribution < 1.29 is 9.53 Å². The van der Waals surface area contributed by atoms with Gasteiger partial charge in [-0.1, -0.05) is 0 Å². The van der Waals surface area contributed by atoms with Crippen molar-refractivity contribution in [3.63, 3.8) is 0 Å². The summed E-state index contributed by atoms with van der Waals surface area (Å²) in [6.45, 7) is 6.77. The van der Waals surface area contributed by atoms with Crippen molar-refractivity contribution in [1.29, 1.82) is 0 Å². The number of halogens is 1. The second-order valence-corrected chi connectivity index (χ2v) is 6.68. The zero-order valence-electron chi connectivity index (χ0n) is 12.3. The molecule has 0 saturated heterocycles. The topological polar surface area (TPSA) is 54.5 Å². The number of carbonyl (C=O) groups excluding carboxylic acids is 1. The molecule has 20 heavy (non-hydrogen) atoms. The summed E-state index contributed by atoms with van der Waals surface area (Å²) in [6, 6.07) is 2.07. The van der Waals surface area contributed by atoms with Crippen LogP contribution in [-0.2, 0) is 17.7 Å². The molecular formula is C14H20BrN3O2. The Morgan fingerprint density at radius 3 is 2.80 bits per heavy atom. The van der Waals surface area contributed by atoms with Crippen LogP contribution in [0.15, 0.2) is 10.5 Å². The fourth-order valence-electron chi connectivity index (χ4n) is 2.09. The third-order valence-electron chi connectivity index (χ3n) is 3.02. The van der Waals surface area contributed by atoms with Crippen LogP contribution in [0, 0.1) is 0 Å². The number of hydrogen-bond donors (Lipinski definition) is 1. The van der Waals surface area contributed by atoms with Gasteiger partial charge in [0.2, 0.25) is 0 Å². The smallest absolute Gasteiger partial charge is 0.410 e. The maximum Gasteiger partial charge on any atom is 0.410 e. The fourth-order valence-corrected chi connectivity index (χ4v) is 2.65. The van der Waals surface area contributed by atoms with E-state index in [-0.39, 0.29) is 6.09 Å². The molecule has 1 aromatic rings. The minimum Gasteiger partial charge on any atom is -0.444 e. The van der Waals surface area contributed by atoms with Crippen LogP contribution in [0.1, 0.15) is 32.0 Å². The normalized spacial score (nSPS) is 14.8. The van der Waals surface area contributed by atoms with E-state index in [4.69, 9.17) is 4.74 Å². The minimum atomic E-state index is -0.472. The van der Waals surface area contributed by atoms with E-state index in [1.165, 1.54) is 5.56 Å². The van der Waals surface area contributed by atoms with Crippen molar-refractivity contribution in [2.75, 3.05) is 18.9 Å². The van der Waals surface area contributed by atoms with Gasteiger partial charge in [0.15, 0.2) is 0 Å². The average molecular weight is 342 g/mol. The largest absolute Gasteiger partial charge is 0.444 e. The monoisotopic (exact) mass is 341 g/mol. The predicted molar refractivity (Wildman–Crippen MR) is 81.8 cm³/mol. The summed E-state index contributed by atoms with van der Waals surface area (Å²) < 4.78 is 6.36. The molecule has 6 heteroatoms. The standard InChI is InChI=1S/C14H20BrN3O2/c1-14(2,3)20-13(19)18-6-5-9-7-10(15)12(16-4)17-11(9)8-18/h7H,5-6,8H2,1-4H3,(H,16,17). The summed E-state index contributed by atoms with van der Waals surface area (Å²) in [5, 5.41) is 3.03. The Hall–Kier alpha value is -1.30. The number of hydrogen-bond acceptors (Lipinski definition) is 4. The molecule has 1 amide bonds. The summed E-state index contributed by atoms with van der Waals surface area (Å²) in [7, 11) is 1.83. The molecule has 0 atom stereocenters. The van der Waals surface area contributed by atoms with Crippen molar-refractivity contribution in [1.82, 2.24) is 9.88 Å². The van der Waals surface area contributed by atoms with E-state index in [0.29, 0.717) is 13.1 Å². The first-order chi connectivity index (χ1) is 9.30. The molecule has 0 saturated carbocycles. The lowest BCUT2D eigenvalue weighted by Crippen LogP contribution is -2.40. The van der Waals surface area contributed by atoms with Gasteiger partial charge in [0.1, 0.15) is 11.4 Å². The predicted octanol–water partition coefficient (Wildman–Crippen LogP) is 3.18. The zero-order valence-corrected chi connectivity index (χ0v) is 13.9. The Balaban J connectivity index is 2.16. The lowest BCUT2D eigenvalue weighted by molar-refractivity contribution is 0.0221. The minimum absolute atomic E-state index is 0.279. The highest BCUT2D eigenvalue weighted by Gasteiger charge is 2.26. The number of fused-ring (bicyclic) bond motifs is 1. The van der Waals surface area contributed by atoms with Gasteiger partial charge in [-0.3, -0.25) is 0 Å². The van der Waals surface area contributed by atoms with Gasteiger partial charge in [0, 0.05) is 13.6 Å². The van der Waals surface area contributed by atoms with Crippen LogP contribution in [0.25, 0.3) is 0 Å². The van der Waals surface area contributed by atoms with E-state index >= 15 is 0 Å². The van der Waals surface area contributed by atoms with E-state index in [9.17, 15) is 4.79 Å². The number of rotatable bonds is 1. The highest BCUT2D eigenvalue weighted by atomic mass is 79.9. The molecule has 0 radical (unpaired) electrons. The number of carbonyl (C=O) groups is 1. The second-order valence-electron chi connectivity index (χ2n) is 5.83. The zero-order chi connectivity index (χ0) is 14.9. The molecule has 5 nitrogen and oxygen atoms in total. The van der Waals surface area contributed by atoms with Crippen LogP contribution in [-0.4, -0.2) is 35.2 Å².